The number of hydrogen-bond acceptors (Lipinski definition) is 4. The molecular weight excluding hydrogens is 186 g/mol. The van der Waals surface area contributed by atoms with E-state index >= 15 is 0 Å². The first kappa shape index (κ1) is 7.97. The summed E-state index contributed by atoms with van der Waals surface area (Å²) >= 11 is 1.43. The van der Waals surface area contributed by atoms with E-state index in [2.05, 4.69) is 20.0 Å². The molecule has 1 aliphatic rings. The Bertz CT molecular complexity index is 407. The Kier molecular flexibility index (Phi) is 2.08. The minimum atomic E-state index is 0.607. The normalized spacial score (nSPS) is 12.6. The second-order valence-corrected chi connectivity index (χ2v) is 3.19. The first-order valence-electron chi connectivity index (χ1n) is 3.54. The van der Waals surface area contributed by atoms with E-state index in [0.29, 0.717) is 5.69 Å². The fourth-order valence-corrected chi connectivity index (χ4v) is 1.58. The second kappa shape index (κ2) is 3.38. The van der Waals surface area contributed by atoms with Gasteiger partial charge in [0.1, 0.15) is 0 Å². The fraction of sp³-hybridized carbons (Fsp3) is 0. The monoisotopic (exact) mass is 191 g/mol. The van der Waals surface area contributed by atoms with Crippen molar-refractivity contribution in [2.75, 3.05) is 0 Å². The molecule has 0 fully saturated rings. The lowest BCUT2D eigenvalue weighted by Crippen LogP contribution is -2.01. The third-order valence-corrected chi connectivity index (χ3v) is 2.35. The van der Waals surface area contributed by atoms with E-state index in [9.17, 15) is 0 Å². The molecule has 1 heterocycles. The predicted molar refractivity (Wildman–Crippen MR) is 51.8 cm³/mol. The predicted octanol–water partition coefficient (Wildman–Crippen LogP) is 2.57. The fourth-order valence-electron chi connectivity index (χ4n) is 1.01. The second-order valence-electron chi connectivity index (χ2n) is 2.36. The van der Waals surface area contributed by atoms with Gasteiger partial charge in [0.2, 0.25) is 0 Å². The van der Waals surface area contributed by atoms with Crippen LogP contribution >= 0.6 is 11.9 Å². The zero-order valence-corrected chi connectivity index (χ0v) is 7.32. The number of nitrogens with one attached hydrogen (secondary N) is 1. The van der Waals surface area contributed by atoms with E-state index in [0.717, 1.165) is 10.5 Å². The van der Waals surface area contributed by atoms with Crippen LogP contribution in [0.1, 0.15) is 5.56 Å². The van der Waals surface area contributed by atoms with Gasteiger partial charge >= 0.3 is 0 Å². The summed E-state index contributed by atoms with van der Waals surface area (Å²) in [5.41, 5.74) is 9.80. The van der Waals surface area contributed by atoms with Crippen LogP contribution in [0, 0.1) is 0 Å². The lowest BCUT2D eigenvalue weighted by Gasteiger charge is -2.09. The largest absolute Gasteiger partial charge is 0.247 e. The summed E-state index contributed by atoms with van der Waals surface area (Å²) < 4.78 is 0. The van der Waals surface area contributed by atoms with Crippen LogP contribution in [0.25, 0.3) is 10.4 Å². The molecular formula is C7H5N5S. The Labute approximate surface area is 78.6 Å². The van der Waals surface area contributed by atoms with Crippen LogP contribution in [0.15, 0.2) is 33.3 Å². The van der Waals surface area contributed by atoms with E-state index in [1.54, 1.807) is 18.3 Å². The maximum atomic E-state index is 8.23. The highest BCUT2D eigenvalue weighted by atomic mass is 32.2. The van der Waals surface area contributed by atoms with Gasteiger partial charge in [0.25, 0.3) is 0 Å². The Balaban J connectivity index is 2.48. The maximum Gasteiger partial charge on any atom is 0.0562 e. The van der Waals surface area contributed by atoms with Crippen molar-refractivity contribution in [1.82, 2.24) is 4.83 Å². The number of rotatable bonds is 1. The van der Waals surface area contributed by atoms with Crippen molar-refractivity contribution < 1.29 is 0 Å². The first-order valence-corrected chi connectivity index (χ1v) is 4.36. The first-order chi connectivity index (χ1) is 6.40. The van der Waals surface area contributed by atoms with Crippen molar-refractivity contribution >= 4 is 23.8 Å². The molecule has 0 unspecified atom stereocenters. The SMILES string of the molecule is [N-]=[N+]=Nc1ccc2c(c1)C=NNS2. The number of hydrogen-bond donors (Lipinski definition) is 1. The highest BCUT2D eigenvalue weighted by Crippen LogP contribution is 2.26. The molecule has 1 aliphatic heterocycles. The van der Waals surface area contributed by atoms with Gasteiger partial charge in [0.05, 0.1) is 6.21 Å². The summed E-state index contributed by atoms with van der Waals surface area (Å²) in [6.07, 6.45) is 1.70. The Morgan fingerprint density at radius 3 is 3.31 bits per heavy atom. The highest BCUT2D eigenvalue weighted by molar-refractivity contribution is 7.97. The zero-order valence-electron chi connectivity index (χ0n) is 6.51. The molecule has 0 aromatic heterocycles. The molecule has 1 aromatic carbocycles. The number of benzene rings is 1. The number of hydrazone groups is 1. The maximum absolute atomic E-state index is 8.23. The lowest BCUT2D eigenvalue weighted by molar-refractivity contribution is 1.10. The zero-order chi connectivity index (χ0) is 9.10. The molecule has 64 valence electrons. The summed E-state index contributed by atoms with van der Waals surface area (Å²) in [5.74, 6) is 0. The van der Waals surface area contributed by atoms with Gasteiger partial charge in [-0.25, -0.2) is 4.83 Å². The Morgan fingerprint density at radius 2 is 2.46 bits per heavy atom. The van der Waals surface area contributed by atoms with Crippen molar-refractivity contribution in [3.8, 4) is 0 Å². The third kappa shape index (κ3) is 1.58. The van der Waals surface area contributed by atoms with Crippen LogP contribution < -0.4 is 4.83 Å². The van der Waals surface area contributed by atoms with Gasteiger partial charge in [0, 0.05) is 33.0 Å². The molecule has 0 amide bonds. The van der Waals surface area contributed by atoms with Crippen LogP contribution in [0.5, 0.6) is 0 Å². The summed E-state index contributed by atoms with van der Waals surface area (Å²) in [6, 6.07) is 5.46. The molecule has 2 rings (SSSR count). The molecule has 0 atom stereocenters. The molecule has 6 heteroatoms. The van der Waals surface area contributed by atoms with Gasteiger partial charge in [-0.1, -0.05) is 11.2 Å². The van der Waals surface area contributed by atoms with Crippen molar-refractivity contribution in [2.24, 2.45) is 10.2 Å². The van der Waals surface area contributed by atoms with E-state index in [-0.39, 0.29) is 0 Å². The van der Waals surface area contributed by atoms with Crippen LogP contribution in [0.2, 0.25) is 0 Å². The summed E-state index contributed by atoms with van der Waals surface area (Å²) in [5, 5.41) is 7.38. The topological polar surface area (TPSA) is 73.2 Å². The standard InChI is InChI=1S/C7H5N5S/c8-11-10-6-1-2-7-5(3-6)4-9-12-13-7/h1-4,12H. The molecule has 0 aliphatic carbocycles. The average molecular weight is 191 g/mol. The van der Waals surface area contributed by atoms with E-state index in [4.69, 9.17) is 5.53 Å². The number of fused-ring (bicyclic) bond motifs is 1. The summed E-state index contributed by atoms with van der Waals surface area (Å²) in [4.78, 5) is 6.56. The Hall–Kier alpha value is -1.65. The Morgan fingerprint density at radius 1 is 1.54 bits per heavy atom. The molecule has 0 radical (unpaired) electrons. The smallest absolute Gasteiger partial charge is 0.0562 e. The highest BCUT2D eigenvalue weighted by Gasteiger charge is 2.05. The molecule has 0 saturated heterocycles. The minimum Gasteiger partial charge on any atom is -0.247 e. The minimum absolute atomic E-state index is 0.607. The van der Waals surface area contributed by atoms with Gasteiger partial charge in [-0.2, -0.15) is 5.10 Å². The molecule has 0 saturated carbocycles. The summed E-state index contributed by atoms with van der Waals surface area (Å²) in [7, 11) is 0. The van der Waals surface area contributed by atoms with Crippen LogP contribution in [0.3, 0.4) is 0 Å². The lowest BCUT2D eigenvalue weighted by atomic mass is 10.2. The molecule has 0 bridgehead atoms. The van der Waals surface area contributed by atoms with E-state index < -0.39 is 0 Å². The van der Waals surface area contributed by atoms with Crippen LogP contribution in [0.4, 0.5) is 5.69 Å². The number of azide groups is 1. The van der Waals surface area contributed by atoms with Gasteiger partial charge in [0.15, 0.2) is 0 Å². The van der Waals surface area contributed by atoms with Crippen LogP contribution in [-0.4, -0.2) is 6.21 Å². The third-order valence-electron chi connectivity index (χ3n) is 1.57. The van der Waals surface area contributed by atoms with E-state index in [1.807, 2.05) is 6.07 Å². The quantitative estimate of drug-likeness (QED) is 0.320. The molecule has 13 heavy (non-hydrogen) atoms. The summed E-state index contributed by atoms with van der Waals surface area (Å²) in [6.45, 7) is 0. The van der Waals surface area contributed by atoms with Gasteiger partial charge in [-0.05, 0) is 17.7 Å². The van der Waals surface area contributed by atoms with Crippen molar-refractivity contribution in [3.05, 3.63) is 34.2 Å². The van der Waals surface area contributed by atoms with Crippen LogP contribution in [-0.2, 0) is 0 Å². The van der Waals surface area contributed by atoms with E-state index in [1.165, 1.54) is 11.9 Å². The van der Waals surface area contributed by atoms with Gasteiger partial charge in [-0.3, -0.25) is 0 Å². The molecule has 5 nitrogen and oxygen atoms in total. The van der Waals surface area contributed by atoms with Gasteiger partial charge < -0.3 is 0 Å². The number of nitrogens with zero attached hydrogens (tertiary/aromatic N) is 4. The molecule has 1 N–H and O–H groups in total. The average Bonchev–Trinajstić information content (AvgIpc) is 2.18. The molecule has 0 spiro atoms. The van der Waals surface area contributed by atoms with Crippen molar-refractivity contribution in [2.45, 2.75) is 4.90 Å². The van der Waals surface area contributed by atoms with Gasteiger partial charge in [-0.15, -0.1) is 0 Å². The molecule has 1 aromatic rings. The van der Waals surface area contributed by atoms with Crippen molar-refractivity contribution in [3.63, 3.8) is 0 Å². The van der Waals surface area contributed by atoms with Crippen molar-refractivity contribution in [1.29, 1.82) is 0 Å².